The van der Waals surface area contributed by atoms with Crippen LogP contribution in [0.2, 0.25) is 0 Å². The summed E-state index contributed by atoms with van der Waals surface area (Å²) in [7, 11) is 0. The van der Waals surface area contributed by atoms with Crippen molar-refractivity contribution in [2.75, 3.05) is 13.1 Å². The number of nitrogens with two attached hydrogens (primary N) is 1. The quantitative estimate of drug-likeness (QED) is 0.742. The fourth-order valence-electron chi connectivity index (χ4n) is 2.55. The molecule has 2 atom stereocenters. The number of hydrogen-bond donors (Lipinski definition) is 2. The Morgan fingerprint density at radius 2 is 1.93 bits per heavy atom. The van der Waals surface area contributed by atoms with Crippen LogP contribution in [0.15, 0.2) is 0 Å². The third kappa shape index (κ3) is 4.09. The van der Waals surface area contributed by atoms with E-state index < -0.39 is 5.60 Å². The van der Waals surface area contributed by atoms with Gasteiger partial charge in [-0.15, -0.1) is 0 Å². The highest BCUT2D eigenvalue weighted by Gasteiger charge is 2.29. The van der Waals surface area contributed by atoms with Gasteiger partial charge in [0, 0.05) is 18.6 Å². The Bertz CT molecular complexity index is 189. The second-order valence-electron chi connectivity index (χ2n) is 5.39. The lowest BCUT2D eigenvalue weighted by Gasteiger charge is -2.40. The Labute approximate surface area is 93.6 Å². The summed E-state index contributed by atoms with van der Waals surface area (Å²) in [4.78, 5) is 2.34. The summed E-state index contributed by atoms with van der Waals surface area (Å²) in [6.45, 7) is 7.57. The fraction of sp³-hybridized carbons (Fsp3) is 1.00. The van der Waals surface area contributed by atoms with Crippen molar-refractivity contribution >= 4 is 0 Å². The minimum absolute atomic E-state index is 0.293. The Kier molecular flexibility index (Phi) is 4.56. The van der Waals surface area contributed by atoms with Gasteiger partial charge < -0.3 is 10.8 Å². The zero-order valence-electron chi connectivity index (χ0n) is 10.4. The molecule has 3 heteroatoms. The molecule has 0 aromatic carbocycles. The van der Waals surface area contributed by atoms with E-state index in [0.29, 0.717) is 12.1 Å². The van der Waals surface area contributed by atoms with Crippen LogP contribution in [0.4, 0.5) is 0 Å². The topological polar surface area (TPSA) is 49.5 Å². The van der Waals surface area contributed by atoms with Crippen molar-refractivity contribution in [1.29, 1.82) is 0 Å². The van der Waals surface area contributed by atoms with Crippen LogP contribution in [-0.4, -0.2) is 40.8 Å². The molecular formula is C12H26N2O. The molecule has 0 amide bonds. The number of aliphatic hydroxyl groups is 1. The maximum atomic E-state index is 9.85. The molecule has 0 aliphatic heterocycles. The molecule has 1 rings (SSSR count). The van der Waals surface area contributed by atoms with Gasteiger partial charge in [0.05, 0.1) is 5.60 Å². The van der Waals surface area contributed by atoms with E-state index in [1.54, 1.807) is 0 Å². The van der Waals surface area contributed by atoms with Crippen molar-refractivity contribution in [2.45, 2.75) is 64.1 Å². The summed E-state index contributed by atoms with van der Waals surface area (Å²) in [5.74, 6) is 0. The largest absolute Gasteiger partial charge is 0.389 e. The average Bonchev–Trinajstić information content (AvgIpc) is 2.14. The number of hydrogen-bond acceptors (Lipinski definition) is 3. The predicted molar refractivity (Wildman–Crippen MR) is 63.8 cm³/mol. The first-order valence-electron chi connectivity index (χ1n) is 6.16. The minimum atomic E-state index is -0.618. The summed E-state index contributed by atoms with van der Waals surface area (Å²) < 4.78 is 0. The van der Waals surface area contributed by atoms with Gasteiger partial charge in [0.1, 0.15) is 0 Å². The van der Waals surface area contributed by atoms with E-state index in [-0.39, 0.29) is 0 Å². The third-order valence-electron chi connectivity index (χ3n) is 3.25. The van der Waals surface area contributed by atoms with Gasteiger partial charge in [0.2, 0.25) is 0 Å². The van der Waals surface area contributed by atoms with Gasteiger partial charge in [0.15, 0.2) is 0 Å². The van der Waals surface area contributed by atoms with E-state index >= 15 is 0 Å². The molecule has 0 spiro atoms. The number of likely N-dealkylation sites (N-methyl/N-ethyl adjacent to an activating group) is 1. The molecule has 1 aliphatic rings. The highest BCUT2D eigenvalue weighted by Crippen LogP contribution is 2.23. The zero-order valence-corrected chi connectivity index (χ0v) is 10.4. The van der Waals surface area contributed by atoms with Crippen molar-refractivity contribution in [1.82, 2.24) is 4.90 Å². The Morgan fingerprint density at radius 3 is 2.40 bits per heavy atom. The molecule has 0 radical (unpaired) electrons. The monoisotopic (exact) mass is 214 g/mol. The zero-order chi connectivity index (χ0) is 11.5. The highest BCUT2D eigenvalue weighted by atomic mass is 16.3. The number of rotatable bonds is 4. The van der Waals surface area contributed by atoms with E-state index in [2.05, 4.69) is 11.8 Å². The van der Waals surface area contributed by atoms with Crippen LogP contribution >= 0.6 is 0 Å². The molecule has 0 aromatic heterocycles. The lowest BCUT2D eigenvalue weighted by atomic mass is 9.89. The van der Waals surface area contributed by atoms with Crippen LogP contribution in [0.1, 0.15) is 46.5 Å². The van der Waals surface area contributed by atoms with Gasteiger partial charge in [-0.1, -0.05) is 19.8 Å². The molecule has 0 saturated heterocycles. The van der Waals surface area contributed by atoms with Gasteiger partial charge >= 0.3 is 0 Å². The standard InChI is InChI=1S/C12H26N2O/c1-4-14(9-12(2,3)15)11-8-6-5-7-10(11)13/h10-11,15H,4-9,13H2,1-3H3. The van der Waals surface area contributed by atoms with Crippen molar-refractivity contribution in [3.8, 4) is 0 Å². The SMILES string of the molecule is CCN(CC(C)(C)O)C1CCCCC1N. The molecule has 0 bridgehead atoms. The normalized spacial score (nSPS) is 28.4. The molecular weight excluding hydrogens is 188 g/mol. The summed E-state index contributed by atoms with van der Waals surface area (Å²) >= 11 is 0. The number of nitrogens with zero attached hydrogens (tertiary/aromatic N) is 1. The molecule has 1 aliphatic carbocycles. The second-order valence-corrected chi connectivity index (χ2v) is 5.39. The van der Waals surface area contributed by atoms with E-state index in [1.165, 1.54) is 19.3 Å². The molecule has 1 saturated carbocycles. The first-order chi connectivity index (χ1) is 6.94. The Balaban J connectivity index is 2.56. The van der Waals surface area contributed by atoms with Crippen molar-refractivity contribution in [2.24, 2.45) is 5.73 Å². The first kappa shape index (κ1) is 12.9. The van der Waals surface area contributed by atoms with Crippen LogP contribution in [0.25, 0.3) is 0 Å². The molecule has 3 N–H and O–H groups in total. The van der Waals surface area contributed by atoms with E-state index in [1.807, 2.05) is 13.8 Å². The van der Waals surface area contributed by atoms with Crippen LogP contribution in [0, 0.1) is 0 Å². The van der Waals surface area contributed by atoms with Gasteiger partial charge in [-0.2, -0.15) is 0 Å². The van der Waals surface area contributed by atoms with E-state index in [4.69, 9.17) is 5.73 Å². The highest BCUT2D eigenvalue weighted by molar-refractivity contribution is 4.87. The molecule has 0 heterocycles. The maximum absolute atomic E-state index is 9.85. The molecule has 15 heavy (non-hydrogen) atoms. The molecule has 2 unspecified atom stereocenters. The predicted octanol–water partition coefficient (Wildman–Crippen LogP) is 1.35. The maximum Gasteiger partial charge on any atom is 0.0718 e. The minimum Gasteiger partial charge on any atom is -0.389 e. The summed E-state index contributed by atoms with van der Waals surface area (Å²) in [5.41, 5.74) is 5.53. The molecule has 3 nitrogen and oxygen atoms in total. The van der Waals surface area contributed by atoms with Crippen molar-refractivity contribution in [3.63, 3.8) is 0 Å². The summed E-state index contributed by atoms with van der Waals surface area (Å²) in [6.07, 6.45) is 4.86. The Morgan fingerprint density at radius 1 is 1.33 bits per heavy atom. The van der Waals surface area contributed by atoms with Crippen molar-refractivity contribution < 1.29 is 5.11 Å². The van der Waals surface area contributed by atoms with Gasteiger partial charge in [-0.3, -0.25) is 4.90 Å². The lowest BCUT2D eigenvalue weighted by Crippen LogP contribution is -2.53. The van der Waals surface area contributed by atoms with Crippen molar-refractivity contribution in [3.05, 3.63) is 0 Å². The van der Waals surface area contributed by atoms with Crippen LogP contribution in [-0.2, 0) is 0 Å². The average molecular weight is 214 g/mol. The van der Waals surface area contributed by atoms with Crippen LogP contribution in [0.5, 0.6) is 0 Å². The van der Waals surface area contributed by atoms with E-state index in [0.717, 1.165) is 19.5 Å². The smallest absolute Gasteiger partial charge is 0.0718 e. The fourth-order valence-corrected chi connectivity index (χ4v) is 2.55. The van der Waals surface area contributed by atoms with Crippen LogP contribution < -0.4 is 5.73 Å². The van der Waals surface area contributed by atoms with E-state index in [9.17, 15) is 5.11 Å². The molecule has 0 aromatic rings. The summed E-state index contributed by atoms with van der Waals surface area (Å²) in [5, 5.41) is 9.85. The Hall–Kier alpha value is -0.120. The van der Waals surface area contributed by atoms with Crippen LogP contribution in [0.3, 0.4) is 0 Å². The lowest BCUT2D eigenvalue weighted by molar-refractivity contribution is 0.0121. The van der Waals surface area contributed by atoms with Gasteiger partial charge in [0.25, 0.3) is 0 Å². The molecule has 1 fully saturated rings. The third-order valence-corrected chi connectivity index (χ3v) is 3.25. The summed E-state index contributed by atoms with van der Waals surface area (Å²) in [6, 6.07) is 0.760. The van der Waals surface area contributed by atoms with Gasteiger partial charge in [-0.05, 0) is 33.2 Å². The molecule has 90 valence electrons. The first-order valence-corrected chi connectivity index (χ1v) is 6.16. The second kappa shape index (κ2) is 5.28. The van der Waals surface area contributed by atoms with Gasteiger partial charge in [-0.25, -0.2) is 0 Å².